The van der Waals surface area contributed by atoms with E-state index < -0.39 is 10.7 Å². The van der Waals surface area contributed by atoms with Crippen molar-refractivity contribution in [2.24, 2.45) is 0 Å². The third kappa shape index (κ3) is 1.80. The monoisotopic (exact) mass is 214 g/mol. The Kier molecular flexibility index (Phi) is 3.27. The van der Waals surface area contributed by atoms with Crippen LogP contribution in [0.15, 0.2) is 24.3 Å². The standard InChI is InChI=1S/C11H12ClFO/c1-3-11(2,10(12)14)8-6-4-5-7-9(8)13/h4-7H,3H2,1-2H3. The van der Waals surface area contributed by atoms with Gasteiger partial charge in [0.05, 0.1) is 5.41 Å². The Labute approximate surface area is 87.9 Å². The van der Waals surface area contributed by atoms with Crippen molar-refractivity contribution in [2.45, 2.75) is 25.7 Å². The fourth-order valence-corrected chi connectivity index (χ4v) is 1.58. The van der Waals surface area contributed by atoms with Crippen molar-refractivity contribution in [2.75, 3.05) is 0 Å². The average molecular weight is 215 g/mol. The first-order chi connectivity index (χ1) is 6.52. The third-order valence-corrected chi connectivity index (χ3v) is 3.03. The summed E-state index contributed by atoms with van der Waals surface area (Å²) in [5.41, 5.74) is -0.560. The molecule has 0 bridgehead atoms. The molecule has 0 aromatic heterocycles. The van der Waals surface area contributed by atoms with Crippen LogP contribution in [-0.2, 0) is 10.2 Å². The predicted molar refractivity (Wildman–Crippen MR) is 54.9 cm³/mol. The molecule has 1 aromatic rings. The summed E-state index contributed by atoms with van der Waals surface area (Å²) >= 11 is 5.49. The summed E-state index contributed by atoms with van der Waals surface area (Å²) in [6.07, 6.45) is 0.482. The van der Waals surface area contributed by atoms with Gasteiger partial charge >= 0.3 is 0 Å². The highest BCUT2D eigenvalue weighted by Crippen LogP contribution is 2.31. The molecule has 1 atom stereocenters. The number of carbonyl (C=O) groups excluding carboxylic acids is 1. The van der Waals surface area contributed by atoms with Crippen molar-refractivity contribution in [3.05, 3.63) is 35.6 Å². The van der Waals surface area contributed by atoms with Gasteiger partial charge in [0.15, 0.2) is 0 Å². The Balaban J connectivity index is 3.26. The number of halogens is 2. The van der Waals surface area contributed by atoms with Crippen LogP contribution in [0, 0.1) is 5.82 Å². The molecule has 0 amide bonds. The minimum absolute atomic E-state index is 0.363. The second-order valence-electron chi connectivity index (χ2n) is 3.44. The minimum atomic E-state index is -0.924. The summed E-state index contributed by atoms with van der Waals surface area (Å²) in [4.78, 5) is 11.2. The minimum Gasteiger partial charge on any atom is -0.280 e. The van der Waals surface area contributed by atoms with Gasteiger partial charge in [-0.2, -0.15) is 0 Å². The van der Waals surface area contributed by atoms with Gasteiger partial charge in [-0.25, -0.2) is 4.39 Å². The summed E-state index contributed by atoms with van der Waals surface area (Å²) < 4.78 is 13.4. The Morgan fingerprint density at radius 1 is 1.50 bits per heavy atom. The zero-order valence-electron chi connectivity index (χ0n) is 8.18. The van der Waals surface area contributed by atoms with Crippen molar-refractivity contribution in [1.29, 1.82) is 0 Å². The molecule has 3 heteroatoms. The molecule has 0 aliphatic carbocycles. The molecule has 1 unspecified atom stereocenters. The molecule has 0 aliphatic rings. The summed E-state index contributed by atoms with van der Waals surface area (Å²) in [5.74, 6) is -0.383. The summed E-state index contributed by atoms with van der Waals surface area (Å²) in [7, 11) is 0. The number of carbonyl (C=O) groups is 1. The van der Waals surface area contributed by atoms with E-state index in [9.17, 15) is 9.18 Å². The van der Waals surface area contributed by atoms with Gasteiger partial charge < -0.3 is 0 Å². The Morgan fingerprint density at radius 2 is 2.07 bits per heavy atom. The topological polar surface area (TPSA) is 17.1 Å². The van der Waals surface area contributed by atoms with Crippen LogP contribution >= 0.6 is 11.6 Å². The molecule has 0 saturated carbocycles. The number of hydrogen-bond acceptors (Lipinski definition) is 1. The van der Waals surface area contributed by atoms with Crippen LogP contribution in [0.2, 0.25) is 0 Å². The summed E-state index contributed by atoms with van der Waals surface area (Å²) in [5, 5.41) is -0.523. The van der Waals surface area contributed by atoms with E-state index in [4.69, 9.17) is 11.6 Å². The first-order valence-electron chi connectivity index (χ1n) is 4.47. The van der Waals surface area contributed by atoms with E-state index in [-0.39, 0.29) is 5.82 Å². The van der Waals surface area contributed by atoms with Crippen molar-refractivity contribution in [3.8, 4) is 0 Å². The maximum Gasteiger partial charge on any atom is 0.232 e. The molecule has 1 nitrogen and oxygen atoms in total. The summed E-state index contributed by atoms with van der Waals surface area (Å²) in [6, 6.07) is 6.22. The second-order valence-corrected chi connectivity index (χ2v) is 3.78. The molecule has 0 spiro atoms. The largest absolute Gasteiger partial charge is 0.280 e. The lowest BCUT2D eigenvalue weighted by Crippen LogP contribution is -2.29. The molecular weight excluding hydrogens is 203 g/mol. The Morgan fingerprint density at radius 3 is 2.50 bits per heavy atom. The average Bonchev–Trinajstić information content (AvgIpc) is 2.17. The Bertz CT molecular complexity index is 351. The van der Waals surface area contributed by atoms with Crippen LogP contribution in [0.5, 0.6) is 0 Å². The summed E-state index contributed by atoms with van der Waals surface area (Å²) in [6.45, 7) is 3.47. The van der Waals surface area contributed by atoms with Gasteiger partial charge in [-0.1, -0.05) is 25.1 Å². The fourth-order valence-electron chi connectivity index (χ4n) is 1.34. The fraction of sp³-hybridized carbons (Fsp3) is 0.364. The first-order valence-corrected chi connectivity index (χ1v) is 4.85. The van der Waals surface area contributed by atoms with Crippen LogP contribution in [0.4, 0.5) is 4.39 Å². The van der Waals surface area contributed by atoms with Crippen LogP contribution in [0.25, 0.3) is 0 Å². The molecule has 0 N–H and O–H groups in total. The lowest BCUT2D eigenvalue weighted by Gasteiger charge is -2.24. The first kappa shape index (κ1) is 11.2. The van der Waals surface area contributed by atoms with E-state index in [1.807, 2.05) is 6.92 Å². The Hall–Kier alpha value is -0.890. The van der Waals surface area contributed by atoms with Gasteiger partial charge in [0, 0.05) is 5.56 Å². The maximum atomic E-state index is 13.4. The van der Waals surface area contributed by atoms with E-state index in [0.717, 1.165) is 0 Å². The second kappa shape index (κ2) is 4.09. The number of benzene rings is 1. The smallest absolute Gasteiger partial charge is 0.232 e. The van der Waals surface area contributed by atoms with Gasteiger partial charge in [0.25, 0.3) is 0 Å². The predicted octanol–water partition coefficient (Wildman–Crippen LogP) is 3.26. The van der Waals surface area contributed by atoms with Crippen LogP contribution < -0.4 is 0 Å². The quantitative estimate of drug-likeness (QED) is 0.706. The van der Waals surface area contributed by atoms with Crippen molar-refractivity contribution < 1.29 is 9.18 Å². The van der Waals surface area contributed by atoms with Crippen molar-refractivity contribution in [1.82, 2.24) is 0 Å². The normalized spacial score (nSPS) is 14.9. The van der Waals surface area contributed by atoms with E-state index in [1.54, 1.807) is 25.1 Å². The van der Waals surface area contributed by atoms with Crippen LogP contribution in [-0.4, -0.2) is 5.24 Å². The molecule has 76 valence electrons. The van der Waals surface area contributed by atoms with Gasteiger partial charge in [-0.15, -0.1) is 0 Å². The molecule has 14 heavy (non-hydrogen) atoms. The zero-order chi connectivity index (χ0) is 10.8. The molecule has 1 aromatic carbocycles. The van der Waals surface area contributed by atoms with E-state index in [1.165, 1.54) is 6.07 Å². The molecule has 0 fully saturated rings. The van der Waals surface area contributed by atoms with Gasteiger partial charge in [0.2, 0.25) is 5.24 Å². The molecule has 0 radical (unpaired) electrons. The molecule has 0 heterocycles. The van der Waals surface area contributed by atoms with Crippen LogP contribution in [0.3, 0.4) is 0 Å². The molecule has 1 rings (SSSR count). The number of rotatable bonds is 3. The van der Waals surface area contributed by atoms with Crippen molar-refractivity contribution >= 4 is 16.8 Å². The third-order valence-electron chi connectivity index (χ3n) is 2.61. The van der Waals surface area contributed by atoms with E-state index in [0.29, 0.717) is 12.0 Å². The molecule has 0 saturated heterocycles. The highest BCUT2D eigenvalue weighted by molar-refractivity contribution is 6.65. The van der Waals surface area contributed by atoms with Crippen LogP contribution in [0.1, 0.15) is 25.8 Å². The molecule has 0 aliphatic heterocycles. The molecular formula is C11H12ClFO. The van der Waals surface area contributed by atoms with E-state index in [2.05, 4.69) is 0 Å². The SMILES string of the molecule is CCC(C)(C(=O)Cl)c1ccccc1F. The highest BCUT2D eigenvalue weighted by Gasteiger charge is 2.33. The highest BCUT2D eigenvalue weighted by atomic mass is 35.5. The zero-order valence-corrected chi connectivity index (χ0v) is 8.94. The van der Waals surface area contributed by atoms with Gasteiger partial charge in [0.1, 0.15) is 5.82 Å². The number of hydrogen-bond donors (Lipinski definition) is 0. The van der Waals surface area contributed by atoms with Gasteiger partial charge in [-0.05, 0) is 31.0 Å². The lowest BCUT2D eigenvalue weighted by atomic mass is 9.81. The maximum absolute atomic E-state index is 13.4. The van der Waals surface area contributed by atoms with Gasteiger partial charge in [-0.3, -0.25) is 4.79 Å². The lowest BCUT2D eigenvalue weighted by molar-refractivity contribution is -0.116. The van der Waals surface area contributed by atoms with Crippen molar-refractivity contribution in [3.63, 3.8) is 0 Å². The van der Waals surface area contributed by atoms with E-state index >= 15 is 0 Å².